The fourth-order valence-corrected chi connectivity index (χ4v) is 1.73. The Morgan fingerprint density at radius 3 is 3.25 bits per heavy atom. The van der Waals surface area contributed by atoms with Crippen molar-refractivity contribution in [1.29, 1.82) is 0 Å². The maximum Gasteiger partial charge on any atom is 0.0785 e. The predicted octanol–water partition coefficient (Wildman–Crippen LogP) is 1.29. The number of rotatable bonds is 2. The van der Waals surface area contributed by atoms with Gasteiger partial charge in [0.15, 0.2) is 0 Å². The summed E-state index contributed by atoms with van der Waals surface area (Å²) in [6.07, 6.45) is 6.06. The van der Waals surface area contributed by atoms with E-state index in [1.165, 1.54) is 12.8 Å². The molecule has 1 atom stereocenters. The summed E-state index contributed by atoms with van der Waals surface area (Å²) in [7, 11) is 0. The predicted molar refractivity (Wildman–Crippen MR) is 48.3 cm³/mol. The van der Waals surface area contributed by atoms with E-state index < -0.39 is 0 Å². The molecule has 1 fully saturated rings. The lowest BCUT2D eigenvalue weighted by atomic mass is 10.2. The van der Waals surface area contributed by atoms with E-state index in [4.69, 9.17) is 11.6 Å². The van der Waals surface area contributed by atoms with Gasteiger partial charge in [-0.15, -0.1) is 0 Å². The second-order valence-electron chi connectivity index (χ2n) is 3.17. The lowest BCUT2D eigenvalue weighted by molar-refractivity contribution is 0.476. The van der Waals surface area contributed by atoms with Gasteiger partial charge < -0.3 is 5.32 Å². The van der Waals surface area contributed by atoms with Crippen LogP contribution in [0, 0.1) is 0 Å². The Morgan fingerprint density at radius 1 is 1.75 bits per heavy atom. The molecule has 1 aromatic rings. The summed E-state index contributed by atoms with van der Waals surface area (Å²) in [6.45, 7) is 2.08. The van der Waals surface area contributed by atoms with Crippen LogP contribution >= 0.6 is 11.6 Å². The molecule has 0 spiro atoms. The zero-order valence-electron chi connectivity index (χ0n) is 6.83. The lowest BCUT2D eigenvalue weighted by Crippen LogP contribution is -2.26. The van der Waals surface area contributed by atoms with Gasteiger partial charge in [-0.3, -0.25) is 4.68 Å². The third-order valence-electron chi connectivity index (χ3n) is 2.17. The monoisotopic (exact) mass is 185 g/mol. The van der Waals surface area contributed by atoms with Gasteiger partial charge in [0.1, 0.15) is 0 Å². The Balaban J connectivity index is 1.94. The second-order valence-corrected chi connectivity index (χ2v) is 3.61. The maximum atomic E-state index is 5.74. The van der Waals surface area contributed by atoms with E-state index in [0.717, 1.165) is 13.1 Å². The van der Waals surface area contributed by atoms with Crippen molar-refractivity contribution in [3.63, 3.8) is 0 Å². The molecule has 1 aliphatic heterocycles. The fourth-order valence-electron chi connectivity index (χ4n) is 1.58. The number of hydrogen-bond donors (Lipinski definition) is 1. The molecular formula is C8H12ClN3. The molecule has 0 radical (unpaired) electrons. The molecule has 2 heterocycles. The standard InChI is InChI=1S/C8H12ClN3/c9-7-4-11-12(5-7)6-8-2-1-3-10-8/h4-5,8,10H,1-3,6H2/t8-/m1/s1. The van der Waals surface area contributed by atoms with Crippen molar-refractivity contribution >= 4 is 11.6 Å². The Labute approximate surface area is 76.7 Å². The van der Waals surface area contributed by atoms with E-state index in [0.29, 0.717) is 11.1 Å². The van der Waals surface area contributed by atoms with E-state index in [-0.39, 0.29) is 0 Å². The third-order valence-corrected chi connectivity index (χ3v) is 2.37. The van der Waals surface area contributed by atoms with Gasteiger partial charge in [-0.25, -0.2) is 0 Å². The van der Waals surface area contributed by atoms with Crippen molar-refractivity contribution in [2.45, 2.75) is 25.4 Å². The first-order chi connectivity index (χ1) is 5.84. The van der Waals surface area contributed by atoms with Gasteiger partial charge in [-0.1, -0.05) is 11.6 Å². The van der Waals surface area contributed by atoms with Crippen LogP contribution < -0.4 is 5.32 Å². The first kappa shape index (κ1) is 8.08. The molecule has 1 saturated heterocycles. The van der Waals surface area contributed by atoms with Crippen LogP contribution in [0.15, 0.2) is 12.4 Å². The summed E-state index contributed by atoms with van der Waals surface area (Å²) in [5.74, 6) is 0. The van der Waals surface area contributed by atoms with Crippen LogP contribution in [0.1, 0.15) is 12.8 Å². The van der Waals surface area contributed by atoms with Crippen LogP contribution in [0.4, 0.5) is 0 Å². The first-order valence-electron chi connectivity index (χ1n) is 4.26. The summed E-state index contributed by atoms with van der Waals surface area (Å²) < 4.78 is 1.89. The summed E-state index contributed by atoms with van der Waals surface area (Å²) in [4.78, 5) is 0. The average molecular weight is 186 g/mol. The normalized spacial score (nSPS) is 23.2. The highest BCUT2D eigenvalue weighted by molar-refractivity contribution is 6.30. The average Bonchev–Trinajstić information content (AvgIpc) is 2.63. The Hall–Kier alpha value is -0.540. The minimum absolute atomic E-state index is 0.584. The van der Waals surface area contributed by atoms with Gasteiger partial charge >= 0.3 is 0 Å². The Kier molecular flexibility index (Phi) is 2.33. The van der Waals surface area contributed by atoms with E-state index in [9.17, 15) is 0 Å². The molecular weight excluding hydrogens is 174 g/mol. The summed E-state index contributed by atoms with van der Waals surface area (Å²) in [6, 6.07) is 0.584. The van der Waals surface area contributed by atoms with Crippen LogP contribution in [0.25, 0.3) is 0 Å². The number of aromatic nitrogens is 2. The molecule has 0 unspecified atom stereocenters. The largest absolute Gasteiger partial charge is 0.312 e. The zero-order chi connectivity index (χ0) is 8.39. The van der Waals surface area contributed by atoms with Gasteiger partial charge in [0, 0.05) is 12.2 Å². The van der Waals surface area contributed by atoms with Crippen molar-refractivity contribution in [2.75, 3.05) is 6.54 Å². The smallest absolute Gasteiger partial charge is 0.0785 e. The van der Waals surface area contributed by atoms with E-state index in [2.05, 4.69) is 10.4 Å². The number of nitrogens with zero attached hydrogens (tertiary/aromatic N) is 2. The van der Waals surface area contributed by atoms with Gasteiger partial charge in [0.2, 0.25) is 0 Å². The highest BCUT2D eigenvalue weighted by atomic mass is 35.5. The molecule has 1 aromatic heterocycles. The molecule has 2 rings (SSSR count). The number of halogens is 1. The number of hydrogen-bond acceptors (Lipinski definition) is 2. The van der Waals surface area contributed by atoms with Gasteiger partial charge in [-0.05, 0) is 19.4 Å². The molecule has 1 aliphatic rings. The minimum Gasteiger partial charge on any atom is -0.312 e. The highest BCUT2D eigenvalue weighted by Gasteiger charge is 2.14. The van der Waals surface area contributed by atoms with Gasteiger partial charge in [0.25, 0.3) is 0 Å². The second kappa shape index (κ2) is 3.46. The third kappa shape index (κ3) is 1.79. The molecule has 3 nitrogen and oxygen atoms in total. The van der Waals surface area contributed by atoms with Crippen LogP contribution in [0.5, 0.6) is 0 Å². The summed E-state index contributed by atoms with van der Waals surface area (Å²) in [5, 5.41) is 8.25. The molecule has 66 valence electrons. The molecule has 12 heavy (non-hydrogen) atoms. The van der Waals surface area contributed by atoms with E-state index >= 15 is 0 Å². The molecule has 0 saturated carbocycles. The van der Waals surface area contributed by atoms with Crippen molar-refractivity contribution in [3.05, 3.63) is 17.4 Å². The SMILES string of the molecule is Clc1cnn(C[C@H]2CCCN2)c1. The molecule has 4 heteroatoms. The fraction of sp³-hybridized carbons (Fsp3) is 0.625. The molecule has 0 bridgehead atoms. The molecule has 0 aliphatic carbocycles. The van der Waals surface area contributed by atoms with E-state index in [1.54, 1.807) is 6.20 Å². The lowest BCUT2D eigenvalue weighted by Gasteiger charge is -2.08. The Morgan fingerprint density at radius 2 is 2.67 bits per heavy atom. The van der Waals surface area contributed by atoms with Gasteiger partial charge in [-0.2, -0.15) is 5.10 Å². The van der Waals surface area contributed by atoms with Crippen LogP contribution in [-0.4, -0.2) is 22.4 Å². The van der Waals surface area contributed by atoms with E-state index in [1.807, 2.05) is 10.9 Å². The topological polar surface area (TPSA) is 29.9 Å². The highest BCUT2D eigenvalue weighted by Crippen LogP contribution is 2.09. The molecule has 1 N–H and O–H groups in total. The quantitative estimate of drug-likeness (QED) is 0.753. The van der Waals surface area contributed by atoms with Crippen LogP contribution in [0.3, 0.4) is 0 Å². The first-order valence-corrected chi connectivity index (χ1v) is 4.64. The molecule has 0 amide bonds. The summed E-state index contributed by atoms with van der Waals surface area (Å²) >= 11 is 5.74. The van der Waals surface area contributed by atoms with Crippen molar-refractivity contribution < 1.29 is 0 Å². The van der Waals surface area contributed by atoms with Gasteiger partial charge in [0.05, 0.1) is 17.8 Å². The van der Waals surface area contributed by atoms with Crippen molar-refractivity contribution in [2.24, 2.45) is 0 Å². The molecule has 0 aromatic carbocycles. The summed E-state index contributed by atoms with van der Waals surface area (Å²) in [5.41, 5.74) is 0. The van der Waals surface area contributed by atoms with Crippen LogP contribution in [-0.2, 0) is 6.54 Å². The Bertz CT molecular complexity index is 253. The minimum atomic E-state index is 0.584. The van der Waals surface area contributed by atoms with Crippen molar-refractivity contribution in [3.8, 4) is 0 Å². The maximum absolute atomic E-state index is 5.74. The zero-order valence-corrected chi connectivity index (χ0v) is 7.59. The number of nitrogens with one attached hydrogen (secondary N) is 1. The van der Waals surface area contributed by atoms with Crippen molar-refractivity contribution in [1.82, 2.24) is 15.1 Å². The van der Waals surface area contributed by atoms with Crippen LogP contribution in [0.2, 0.25) is 5.02 Å².